The third-order valence-corrected chi connectivity index (χ3v) is 3.12. The van der Waals surface area contributed by atoms with Crippen molar-refractivity contribution in [2.24, 2.45) is 0 Å². The Morgan fingerprint density at radius 1 is 1.20 bits per heavy atom. The van der Waals surface area contributed by atoms with Crippen molar-refractivity contribution in [3.63, 3.8) is 0 Å². The number of carbonyl (C=O) groups excluding carboxylic acids is 1. The Morgan fingerprint density at radius 3 is 2.50 bits per heavy atom. The second-order valence-electron chi connectivity index (χ2n) is 4.07. The highest BCUT2D eigenvalue weighted by Gasteiger charge is 2.26. The first-order valence-corrected chi connectivity index (χ1v) is 6.05. The van der Waals surface area contributed by atoms with Crippen molar-refractivity contribution in [3.8, 4) is 6.07 Å². The van der Waals surface area contributed by atoms with Gasteiger partial charge in [0.25, 0.3) is 0 Å². The molecule has 0 fully saturated rings. The van der Waals surface area contributed by atoms with Gasteiger partial charge < -0.3 is 0 Å². The predicted octanol–water partition coefficient (Wildman–Crippen LogP) is 4.11. The van der Waals surface area contributed by atoms with Crippen molar-refractivity contribution in [2.75, 3.05) is 0 Å². The molecule has 0 N–H and O–H groups in total. The smallest absolute Gasteiger partial charge is 0.186 e. The zero-order valence-corrected chi connectivity index (χ0v) is 10.9. The zero-order valence-electron chi connectivity index (χ0n) is 10.1. The minimum absolute atomic E-state index is 0.0112. The molecule has 0 aliphatic rings. The van der Waals surface area contributed by atoms with Gasteiger partial charge in [-0.25, -0.2) is 8.78 Å². The van der Waals surface area contributed by atoms with Crippen LogP contribution < -0.4 is 0 Å². The molecule has 0 saturated heterocycles. The van der Waals surface area contributed by atoms with Crippen LogP contribution in [-0.4, -0.2) is 5.78 Å². The number of benzene rings is 2. The summed E-state index contributed by atoms with van der Waals surface area (Å²) in [5.41, 5.74) is -0.0386. The number of ketones is 1. The van der Waals surface area contributed by atoms with E-state index in [1.807, 2.05) is 0 Å². The molecule has 0 aliphatic heterocycles. The third-order valence-electron chi connectivity index (χ3n) is 2.80. The molecule has 0 heterocycles. The first-order chi connectivity index (χ1) is 9.54. The number of hydrogen-bond acceptors (Lipinski definition) is 2. The standard InChI is InChI=1S/C15H8ClF2NO/c16-13-7-9(17)5-6-11(13)15(20)12(8-19)10-3-1-2-4-14(10)18/h1-7,12H. The molecule has 2 aromatic carbocycles. The van der Waals surface area contributed by atoms with Gasteiger partial charge in [0.05, 0.1) is 11.1 Å². The maximum atomic E-state index is 13.7. The fraction of sp³-hybridized carbons (Fsp3) is 0.0667. The van der Waals surface area contributed by atoms with Gasteiger partial charge in [0.15, 0.2) is 5.78 Å². The van der Waals surface area contributed by atoms with E-state index in [9.17, 15) is 13.6 Å². The van der Waals surface area contributed by atoms with Crippen LogP contribution >= 0.6 is 11.6 Å². The molecule has 0 saturated carbocycles. The van der Waals surface area contributed by atoms with E-state index in [0.717, 1.165) is 12.1 Å². The minimum atomic E-state index is -1.32. The molecule has 2 nitrogen and oxygen atoms in total. The predicted molar refractivity (Wildman–Crippen MR) is 70.5 cm³/mol. The molecule has 1 unspecified atom stereocenters. The van der Waals surface area contributed by atoms with Crippen LogP contribution in [0.3, 0.4) is 0 Å². The van der Waals surface area contributed by atoms with Crippen molar-refractivity contribution >= 4 is 17.4 Å². The van der Waals surface area contributed by atoms with E-state index in [-0.39, 0.29) is 16.1 Å². The Kier molecular flexibility index (Phi) is 4.11. The summed E-state index contributed by atoms with van der Waals surface area (Å²) in [5, 5.41) is 9.02. The van der Waals surface area contributed by atoms with Crippen LogP contribution in [0.1, 0.15) is 21.8 Å². The average molecular weight is 292 g/mol. The first kappa shape index (κ1) is 14.2. The highest BCUT2D eigenvalue weighted by Crippen LogP contribution is 2.27. The summed E-state index contributed by atoms with van der Waals surface area (Å²) in [5.74, 6) is -3.22. The van der Waals surface area contributed by atoms with Crippen LogP contribution in [0.15, 0.2) is 42.5 Å². The van der Waals surface area contributed by atoms with E-state index in [2.05, 4.69) is 0 Å². The first-order valence-electron chi connectivity index (χ1n) is 5.68. The largest absolute Gasteiger partial charge is 0.292 e. The fourth-order valence-electron chi connectivity index (χ4n) is 1.82. The summed E-state index contributed by atoms with van der Waals surface area (Å²) in [7, 11) is 0. The zero-order chi connectivity index (χ0) is 14.7. The SMILES string of the molecule is N#CC(C(=O)c1ccc(F)cc1Cl)c1ccccc1F. The lowest BCUT2D eigenvalue weighted by atomic mass is 9.91. The molecule has 2 aromatic rings. The van der Waals surface area contributed by atoms with E-state index in [1.54, 1.807) is 6.07 Å². The fourth-order valence-corrected chi connectivity index (χ4v) is 2.08. The second kappa shape index (κ2) is 5.81. The molecule has 0 amide bonds. The van der Waals surface area contributed by atoms with Crippen LogP contribution in [0.4, 0.5) is 8.78 Å². The highest BCUT2D eigenvalue weighted by atomic mass is 35.5. The van der Waals surface area contributed by atoms with Crippen molar-refractivity contribution in [1.29, 1.82) is 5.26 Å². The summed E-state index contributed by atoms with van der Waals surface area (Å²) < 4.78 is 26.6. The van der Waals surface area contributed by atoms with Gasteiger partial charge in [0.2, 0.25) is 0 Å². The Bertz CT molecular complexity index is 709. The van der Waals surface area contributed by atoms with Gasteiger partial charge in [-0.2, -0.15) is 5.26 Å². The van der Waals surface area contributed by atoms with Crippen LogP contribution in [0, 0.1) is 23.0 Å². The molecule has 5 heteroatoms. The molecule has 0 bridgehead atoms. The molecule has 0 aromatic heterocycles. The van der Waals surface area contributed by atoms with Gasteiger partial charge in [-0.05, 0) is 24.3 Å². The lowest BCUT2D eigenvalue weighted by molar-refractivity contribution is 0.0977. The van der Waals surface area contributed by atoms with E-state index in [0.29, 0.717) is 0 Å². The van der Waals surface area contributed by atoms with E-state index >= 15 is 0 Å². The van der Waals surface area contributed by atoms with Gasteiger partial charge in [0, 0.05) is 11.1 Å². The van der Waals surface area contributed by atoms with E-state index in [4.69, 9.17) is 16.9 Å². The van der Waals surface area contributed by atoms with Gasteiger partial charge in [-0.15, -0.1) is 0 Å². The molecule has 0 radical (unpaired) electrons. The van der Waals surface area contributed by atoms with Gasteiger partial charge in [-0.1, -0.05) is 29.8 Å². The van der Waals surface area contributed by atoms with Crippen molar-refractivity contribution in [1.82, 2.24) is 0 Å². The second-order valence-corrected chi connectivity index (χ2v) is 4.48. The number of rotatable bonds is 3. The molecule has 100 valence electrons. The summed E-state index contributed by atoms with van der Waals surface area (Å²) in [6.07, 6.45) is 0. The molecule has 2 rings (SSSR count). The average Bonchev–Trinajstić information content (AvgIpc) is 2.41. The number of nitrogens with zero attached hydrogens (tertiary/aromatic N) is 1. The molecular weight excluding hydrogens is 284 g/mol. The van der Waals surface area contributed by atoms with Gasteiger partial charge >= 0.3 is 0 Å². The third kappa shape index (κ3) is 2.68. The highest BCUT2D eigenvalue weighted by molar-refractivity contribution is 6.34. The minimum Gasteiger partial charge on any atom is -0.292 e. The van der Waals surface area contributed by atoms with Crippen LogP contribution in [-0.2, 0) is 0 Å². The van der Waals surface area contributed by atoms with Crippen LogP contribution in [0.25, 0.3) is 0 Å². The lowest BCUT2D eigenvalue weighted by Gasteiger charge is -2.10. The Hall–Kier alpha value is -2.25. The molecular formula is C15H8ClF2NO. The lowest BCUT2D eigenvalue weighted by Crippen LogP contribution is -2.13. The molecule has 20 heavy (non-hydrogen) atoms. The van der Waals surface area contributed by atoms with Gasteiger partial charge in [-0.3, -0.25) is 4.79 Å². The topological polar surface area (TPSA) is 40.9 Å². The monoisotopic (exact) mass is 291 g/mol. The number of Topliss-reactive ketones (excluding diaryl/α,β-unsaturated/α-hetero) is 1. The van der Waals surface area contributed by atoms with Crippen molar-refractivity contribution < 1.29 is 13.6 Å². The number of nitriles is 1. The van der Waals surface area contributed by atoms with E-state index in [1.165, 1.54) is 30.3 Å². The number of hydrogen-bond donors (Lipinski definition) is 0. The Morgan fingerprint density at radius 2 is 1.90 bits per heavy atom. The number of carbonyl (C=O) groups is 1. The molecule has 0 spiro atoms. The molecule has 1 atom stereocenters. The van der Waals surface area contributed by atoms with Crippen LogP contribution in [0.5, 0.6) is 0 Å². The van der Waals surface area contributed by atoms with Crippen molar-refractivity contribution in [2.45, 2.75) is 5.92 Å². The van der Waals surface area contributed by atoms with Crippen LogP contribution in [0.2, 0.25) is 5.02 Å². The van der Waals surface area contributed by atoms with Crippen molar-refractivity contribution in [3.05, 3.63) is 70.2 Å². The number of halogens is 3. The maximum absolute atomic E-state index is 13.7. The summed E-state index contributed by atoms with van der Waals surface area (Å²) >= 11 is 5.79. The normalized spacial score (nSPS) is 11.7. The Labute approximate surface area is 119 Å². The summed E-state index contributed by atoms with van der Waals surface area (Å²) in [4.78, 5) is 12.3. The summed E-state index contributed by atoms with van der Waals surface area (Å²) in [6, 6.07) is 10.5. The molecule has 0 aliphatic carbocycles. The summed E-state index contributed by atoms with van der Waals surface area (Å²) in [6.45, 7) is 0. The maximum Gasteiger partial charge on any atom is 0.186 e. The van der Waals surface area contributed by atoms with Gasteiger partial charge in [0.1, 0.15) is 17.6 Å². The van der Waals surface area contributed by atoms with E-state index < -0.39 is 23.3 Å². The quantitative estimate of drug-likeness (QED) is 0.799. The Balaban J connectivity index is 2.45.